The molecule has 0 radical (unpaired) electrons. The molecule has 2 heteroatoms. The van der Waals surface area contributed by atoms with Crippen molar-refractivity contribution < 1.29 is 9.53 Å². The number of carbonyl (C=O) groups excluding carboxylic acids is 1. The highest BCUT2D eigenvalue weighted by molar-refractivity contribution is 5.74. The second-order valence-corrected chi connectivity index (χ2v) is 6.55. The maximum absolute atomic E-state index is 11.6. The number of benzene rings is 1. The molecule has 2 saturated carbocycles. The molecule has 2 fully saturated rings. The summed E-state index contributed by atoms with van der Waals surface area (Å²) in [7, 11) is 0. The molecule has 0 amide bonds. The van der Waals surface area contributed by atoms with Gasteiger partial charge in [-0.15, -0.1) is 0 Å². The fourth-order valence-corrected chi connectivity index (χ4v) is 3.05. The zero-order valence-corrected chi connectivity index (χ0v) is 11.8. The van der Waals surface area contributed by atoms with Crippen LogP contribution in [0.25, 0.3) is 0 Å². The third kappa shape index (κ3) is 2.68. The Kier molecular flexibility index (Phi) is 3.12. The highest BCUT2D eigenvalue weighted by Crippen LogP contribution is 2.59. The zero-order chi connectivity index (χ0) is 13.5. The van der Waals surface area contributed by atoms with Crippen LogP contribution in [0.4, 0.5) is 0 Å². The SMILES string of the molecule is C[C@H](c1ccccc1)C1CC1(C)COC(=O)C1CC1. The van der Waals surface area contributed by atoms with Crippen molar-refractivity contribution in [2.45, 2.75) is 39.0 Å². The highest BCUT2D eigenvalue weighted by atomic mass is 16.5. The van der Waals surface area contributed by atoms with Gasteiger partial charge in [0.15, 0.2) is 0 Å². The summed E-state index contributed by atoms with van der Waals surface area (Å²) < 4.78 is 5.47. The van der Waals surface area contributed by atoms with Crippen molar-refractivity contribution in [1.29, 1.82) is 0 Å². The van der Waals surface area contributed by atoms with Gasteiger partial charge >= 0.3 is 5.97 Å². The summed E-state index contributed by atoms with van der Waals surface area (Å²) in [5, 5.41) is 0. The van der Waals surface area contributed by atoms with E-state index in [9.17, 15) is 4.79 Å². The average Bonchev–Trinajstić information content (AvgIpc) is 3.32. The van der Waals surface area contributed by atoms with Gasteiger partial charge in [0, 0.05) is 5.41 Å². The predicted octanol–water partition coefficient (Wildman–Crippen LogP) is 3.77. The molecule has 0 aliphatic heterocycles. The van der Waals surface area contributed by atoms with E-state index in [1.165, 1.54) is 12.0 Å². The van der Waals surface area contributed by atoms with Crippen LogP contribution in [-0.4, -0.2) is 12.6 Å². The summed E-state index contributed by atoms with van der Waals surface area (Å²) in [6.45, 7) is 5.13. The van der Waals surface area contributed by atoms with Gasteiger partial charge in [0.05, 0.1) is 12.5 Å². The number of rotatable bonds is 5. The van der Waals surface area contributed by atoms with E-state index in [4.69, 9.17) is 4.74 Å². The van der Waals surface area contributed by atoms with Gasteiger partial charge in [-0.05, 0) is 36.7 Å². The molecule has 0 spiro atoms. The van der Waals surface area contributed by atoms with Crippen molar-refractivity contribution in [2.75, 3.05) is 6.61 Å². The fourth-order valence-electron chi connectivity index (χ4n) is 3.05. The Hall–Kier alpha value is -1.31. The molecule has 1 aromatic rings. The maximum atomic E-state index is 11.6. The van der Waals surface area contributed by atoms with Crippen LogP contribution in [0, 0.1) is 17.3 Å². The molecule has 102 valence electrons. The molecule has 0 N–H and O–H groups in total. The van der Waals surface area contributed by atoms with Gasteiger partial charge in [-0.3, -0.25) is 4.79 Å². The molecular weight excluding hydrogens is 236 g/mol. The Balaban J connectivity index is 1.55. The largest absolute Gasteiger partial charge is 0.465 e. The van der Waals surface area contributed by atoms with Crippen molar-refractivity contribution in [3.05, 3.63) is 35.9 Å². The lowest BCUT2D eigenvalue weighted by atomic mass is 9.91. The lowest BCUT2D eigenvalue weighted by Gasteiger charge is -2.17. The van der Waals surface area contributed by atoms with Crippen LogP contribution in [0.15, 0.2) is 30.3 Å². The Morgan fingerprint density at radius 3 is 2.68 bits per heavy atom. The first kappa shape index (κ1) is 12.7. The lowest BCUT2D eigenvalue weighted by Crippen LogP contribution is -2.16. The fraction of sp³-hybridized carbons (Fsp3) is 0.588. The van der Waals surface area contributed by atoms with Crippen molar-refractivity contribution in [3.8, 4) is 0 Å². The van der Waals surface area contributed by atoms with E-state index in [1.807, 2.05) is 0 Å². The summed E-state index contributed by atoms with van der Waals surface area (Å²) in [6, 6.07) is 10.6. The quantitative estimate of drug-likeness (QED) is 0.751. The van der Waals surface area contributed by atoms with Crippen molar-refractivity contribution in [3.63, 3.8) is 0 Å². The number of ether oxygens (including phenoxy) is 1. The Bertz CT molecular complexity index is 463. The van der Waals surface area contributed by atoms with Crippen LogP contribution in [0.3, 0.4) is 0 Å². The summed E-state index contributed by atoms with van der Waals surface area (Å²) in [5.41, 5.74) is 1.59. The molecule has 0 aromatic heterocycles. The first-order valence-electron chi connectivity index (χ1n) is 7.32. The van der Waals surface area contributed by atoms with Crippen molar-refractivity contribution in [1.82, 2.24) is 0 Å². The molecular formula is C17H22O2. The molecule has 0 saturated heterocycles. The van der Waals surface area contributed by atoms with E-state index in [-0.39, 0.29) is 17.3 Å². The molecule has 1 aromatic carbocycles. The minimum absolute atomic E-state index is 0.0271. The minimum atomic E-state index is 0.0271. The molecule has 19 heavy (non-hydrogen) atoms. The van der Waals surface area contributed by atoms with Gasteiger partial charge in [-0.1, -0.05) is 44.2 Å². The van der Waals surface area contributed by atoms with E-state index in [0.717, 1.165) is 12.8 Å². The Morgan fingerprint density at radius 1 is 1.37 bits per heavy atom. The predicted molar refractivity (Wildman–Crippen MR) is 74.8 cm³/mol. The molecule has 3 rings (SSSR count). The molecule has 2 aliphatic carbocycles. The number of hydrogen-bond donors (Lipinski definition) is 0. The normalized spacial score (nSPS) is 30.7. The van der Waals surface area contributed by atoms with E-state index in [1.54, 1.807) is 0 Å². The maximum Gasteiger partial charge on any atom is 0.308 e. The van der Waals surface area contributed by atoms with Crippen LogP contribution in [0.1, 0.15) is 44.6 Å². The van der Waals surface area contributed by atoms with Crippen molar-refractivity contribution in [2.24, 2.45) is 17.3 Å². The van der Waals surface area contributed by atoms with Crippen molar-refractivity contribution >= 4 is 5.97 Å². The summed E-state index contributed by atoms with van der Waals surface area (Å²) in [5.74, 6) is 1.43. The van der Waals surface area contributed by atoms with E-state index < -0.39 is 0 Å². The van der Waals surface area contributed by atoms with E-state index in [2.05, 4.69) is 44.2 Å². The van der Waals surface area contributed by atoms with E-state index >= 15 is 0 Å². The summed E-state index contributed by atoms with van der Waals surface area (Å²) in [4.78, 5) is 11.6. The van der Waals surface area contributed by atoms with Crippen LogP contribution in [0.2, 0.25) is 0 Å². The van der Waals surface area contributed by atoms with Crippen LogP contribution < -0.4 is 0 Å². The highest BCUT2D eigenvalue weighted by Gasteiger charge is 2.53. The first-order chi connectivity index (χ1) is 9.10. The van der Waals surface area contributed by atoms with Gasteiger partial charge in [-0.25, -0.2) is 0 Å². The second kappa shape index (κ2) is 4.66. The Morgan fingerprint density at radius 2 is 2.05 bits per heavy atom. The summed E-state index contributed by atoms with van der Waals surface area (Å²) >= 11 is 0. The molecule has 0 heterocycles. The Labute approximate surface area is 115 Å². The molecule has 3 atom stereocenters. The van der Waals surface area contributed by atoms with Gasteiger partial charge in [0.2, 0.25) is 0 Å². The van der Waals surface area contributed by atoms with Crippen LogP contribution in [0.5, 0.6) is 0 Å². The minimum Gasteiger partial charge on any atom is -0.465 e. The van der Waals surface area contributed by atoms with E-state index in [0.29, 0.717) is 18.4 Å². The van der Waals surface area contributed by atoms with Crippen LogP contribution >= 0.6 is 0 Å². The number of esters is 1. The molecule has 0 bridgehead atoms. The molecule has 2 aliphatic rings. The zero-order valence-electron chi connectivity index (χ0n) is 11.8. The second-order valence-electron chi connectivity index (χ2n) is 6.55. The average molecular weight is 258 g/mol. The molecule has 2 unspecified atom stereocenters. The van der Waals surface area contributed by atoms with Gasteiger partial charge in [-0.2, -0.15) is 0 Å². The topological polar surface area (TPSA) is 26.3 Å². The van der Waals surface area contributed by atoms with Crippen LogP contribution in [-0.2, 0) is 9.53 Å². The third-order valence-electron chi connectivity index (χ3n) is 4.81. The standard InChI is InChI=1S/C17H22O2/c1-12(13-6-4-3-5-7-13)15-10-17(15,2)11-19-16(18)14-8-9-14/h3-7,12,14-15H,8-11H2,1-2H3/t12-,15?,17?/m1/s1. The third-order valence-corrected chi connectivity index (χ3v) is 4.81. The van der Waals surface area contributed by atoms with Gasteiger partial charge in [0.25, 0.3) is 0 Å². The number of hydrogen-bond acceptors (Lipinski definition) is 2. The lowest BCUT2D eigenvalue weighted by molar-refractivity contribution is -0.147. The van der Waals surface area contributed by atoms with Gasteiger partial charge < -0.3 is 4.74 Å². The smallest absolute Gasteiger partial charge is 0.308 e. The monoisotopic (exact) mass is 258 g/mol. The molecule has 2 nitrogen and oxygen atoms in total. The number of carbonyl (C=O) groups is 1. The van der Waals surface area contributed by atoms with Gasteiger partial charge in [0.1, 0.15) is 0 Å². The summed E-state index contributed by atoms with van der Waals surface area (Å²) in [6.07, 6.45) is 3.22. The first-order valence-corrected chi connectivity index (χ1v) is 7.32.